The topological polar surface area (TPSA) is 61.8 Å². The van der Waals surface area contributed by atoms with Crippen molar-refractivity contribution < 1.29 is 25.2 Å². The number of hydrogen-bond donors (Lipinski definition) is 1. The Morgan fingerprint density at radius 2 is 1.96 bits per heavy atom. The van der Waals surface area contributed by atoms with Gasteiger partial charge in [-0.2, -0.15) is 12.6 Å². The van der Waals surface area contributed by atoms with Gasteiger partial charge >= 0.3 is 11.9 Å². The molecule has 0 aliphatic carbocycles. The van der Waals surface area contributed by atoms with E-state index in [4.69, 9.17) is 15.6 Å². The molecule has 0 aromatic heterocycles. The highest BCUT2D eigenvalue weighted by Crippen LogP contribution is 2.41. The van der Waals surface area contributed by atoms with Gasteiger partial charge in [0.2, 0.25) is 0 Å². The van der Waals surface area contributed by atoms with Crippen LogP contribution < -0.4 is 0 Å². The fraction of sp³-hybridized carbons (Fsp3) is 0.765. The summed E-state index contributed by atoms with van der Waals surface area (Å²) in [5, 5.41) is 0. The number of carbonyl (C=O) groups is 2. The van der Waals surface area contributed by atoms with Gasteiger partial charge in [-0.3, -0.25) is 9.59 Å². The van der Waals surface area contributed by atoms with Crippen molar-refractivity contribution in [2.24, 2.45) is 11.8 Å². The summed E-state index contributed by atoms with van der Waals surface area (Å²) in [6, 6.07) is 0. The molecule has 6 unspecified atom stereocenters. The molecule has 1 aliphatic heterocycles. The number of carbonyl (C=O) groups excluding carboxylic acids is 2. The van der Waals surface area contributed by atoms with Gasteiger partial charge in [-0.15, -0.1) is 0 Å². The Morgan fingerprint density at radius 1 is 1.24 bits per heavy atom. The van der Waals surface area contributed by atoms with E-state index >= 15 is 0 Å². The van der Waals surface area contributed by atoms with E-state index in [9.17, 15) is 9.59 Å². The minimum Gasteiger partial charge on any atom is -0.463 e. The van der Waals surface area contributed by atoms with E-state index in [1.54, 1.807) is 10.8 Å². The van der Waals surface area contributed by atoms with Crippen molar-refractivity contribution in [2.75, 3.05) is 18.1 Å². The molecule has 0 bridgehead atoms. The lowest BCUT2D eigenvalue weighted by Crippen LogP contribution is -2.51. The van der Waals surface area contributed by atoms with Crippen molar-refractivity contribution in [3.8, 4) is 0 Å². The molecule has 8 heteroatoms. The summed E-state index contributed by atoms with van der Waals surface area (Å²) in [4.78, 5) is 22.6. The van der Waals surface area contributed by atoms with Gasteiger partial charge in [-0.05, 0) is 18.1 Å². The van der Waals surface area contributed by atoms with Gasteiger partial charge in [0, 0.05) is 26.9 Å². The first-order valence-corrected chi connectivity index (χ1v) is 11.1. The van der Waals surface area contributed by atoms with Crippen LogP contribution >= 0.6 is 34.2 Å². The van der Waals surface area contributed by atoms with E-state index in [0.717, 1.165) is 5.75 Å². The monoisotopic (exact) mass is 410 g/mol. The number of ether oxygens (including phenoxy) is 3. The van der Waals surface area contributed by atoms with Crippen molar-refractivity contribution in [1.82, 2.24) is 0 Å². The average Bonchev–Trinajstić information content (AvgIpc) is 2.55. The SMILES string of the molecule is [3H]C(S)C/C=C\CSSC1OC(COC(C)=O)C(C)C(C)C1OC(C)=O. The normalized spacial score (nSPS) is 31.4. The van der Waals surface area contributed by atoms with Gasteiger partial charge in [0.05, 0.1) is 6.10 Å². The van der Waals surface area contributed by atoms with Crippen LogP contribution in [0.4, 0.5) is 0 Å². The first-order valence-electron chi connectivity index (χ1n) is 8.79. The highest BCUT2D eigenvalue weighted by atomic mass is 33.1. The van der Waals surface area contributed by atoms with Crippen molar-refractivity contribution in [2.45, 2.75) is 51.8 Å². The molecule has 0 aromatic carbocycles. The van der Waals surface area contributed by atoms with Crippen molar-refractivity contribution in [1.29, 1.82) is 0 Å². The van der Waals surface area contributed by atoms with Crippen LogP contribution in [0.5, 0.6) is 0 Å². The maximum absolute atomic E-state index is 11.5. The lowest BCUT2D eigenvalue weighted by molar-refractivity contribution is -0.184. The van der Waals surface area contributed by atoms with Crippen LogP contribution in [0.25, 0.3) is 0 Å². The second kappa shape index (κ2) is 12.1. The molecule has 0 N–H and O–H groups in total. The Morgan fingerprint density at radius 3 is 2.56 bits per heavy atom. The number of allylic oxidation sites excluding steroid dienone is 1. The third-order valence-electron chi connectivity index (χ3n) is 4.00. The zero-order valence-electron chi connectivity index (χ0n) is 16.0. The summed E-state index contributed by atoms with van der Waals surface area (Å²) in [7, 11) is 3.10. The molecule has 1 saturated heterocycles. The van der Waals surface area contributed by atoms with Crippen LogP contribution in [0.2, 0.25) is 0 Å². The van der Waals surface area contributed by atoms with E-state index in [1.807, 2.05) is 26.0 Å². The van der Waals surface area contributed by atoms with E-state index < -0.39 is 5.73 Å². The highest BCUT2D eigenvalue weighted by Gasteiger charge is 2.44. The van der Waals surface area contributed by atoms with Gasteiger partial charge in [0.15, 0.2) is 5.44 Å². The van der Waals surface area contributed by atoms with Crippen molar-refractivity contribution in [3.63, 3.8) is 0 Å². The molecule has 25 heavy (non-hydrogen) atoms. The van der Waals surface area contributed by atoms with Gasteiger partial charge in [-0.25, -0.2) is 0 Å². The predicted molar refractivity (Wildman–Crippen MR) is 107 cm³/mol. The molecule has 0 radical (unpaired) electrons. The summed E-state index contributed by atoms with van der Waals surface area (Å²) < 4.78 is 24.1. The van der Waals surface area contributed by atoms with Gasteiger partial charge in [0.1, 0.15) is 12.7 Å². The summed E-state index contributed by atoms with van der Waals surface area (Å²) >= 11 is 4.01. The quantitative estimate of drug-likeness (QED) is 0.204. The fourth-order valence-corrected chi connectivity index (χ4v) is 4.94. The number of hydrogen-bond acceptors (Lipinski definition) is 8. The molecule has 144 valence electrons. The number of esters is 2. The molecule has 6 atom stereocenters. The van der Waals surface area contributed by atoms with E-state index in [1.165, 1.54) is 24.6 Å². The summed E-state index contributed by atoms with van der Waals surface area (Å²) in [5.41, 5.74) is -0.735. The molecular weight excluding hydrogens is 380 g/mol. The van der Waals surface area contributed by atoms with Crippen LogP contribution in [0.3, 0.4) is 0 Å². The van der Waals surface area contributed by atoms with Crippen molar-refractivity contribution in [3.05, 3.63) is 12.2 Å². The summed E-state index contributed by atoms with van der Waals surface area (Å²) in [6.45, 7) is 7.01. The van der Waals surface area contributed by atoms with E-state index in [-0.39, 0.29) is 48.0 Å². The molecule has 1 aliphatic rings. The minimum absolute atomic E-state index is 0.0788. The molecular formula is C17H28O5S3. The lowest BCUT2D eigenvalue weighted by atomic mass is 9.84. The van der Waals surface area contributed by atoms with E-state index in [2.05, 4.69) is 12.6 Å². The standard InChI is InChI=1S/C17H28O5S3/c1-11-12(2)16(21-14(4)19)17(22-15(11)10-20-13(3)18)25-24-9-7-5-6-8-23/h5,7,11-12,15-17,23H,6,8-10H2,1-4H3/b7-5-/i8T. The molecule has 0 spiro atoms. The Labute approximate surface area is 165 Å². The fourth-order valence-electron chi connectivity index (χ4n) is 2.45. The second-order valence-corrected chi connectivity index (χ2v) is 8.78. The smallest absolute Gasteiger partial charge is 0.303 e. The zero-order chi connectivity index (χ0) is 19.7. The van der Waals surface area contributed by atoms with Crippen LogP contribution in [0.15, 0.2) is 12.2 Å². The van der Waals surface area contributed by atoms with Crippen LogP contribution in [0.1, 0.15) is 35.5 Å². The minimum atomic E-state index is -0.400. The highest BCUT2D eigenvalue weighted by molar-refractivity contribution is 8.76. The molecule has 1 fully saturated rings. The molecule has 0 saturated carbocycles. The Balaban J connectivity index is 2.66. The van der Waals surface area contributed by atoms with Crippen LogP contribution in [-0.4, -0.2) is 47.7 Å². The molecule has 0 amide bonds. The van der Waals surface area contributed by atoms with Gasteiger partial charge in [0.25, 0.3) is 0 Å². The third-order valence-corrected chi connectivity index (χ3v) is 6.63. The lowest BCUT2D eigenvalue weighted by Gasteiger charge is -2.43. The van der Waals surface area contributed by atoms with Crippen molar-refractivity contribution >= 4 is 46.2 Å². The predicted octanol–water partition coefficient (Wildman–Crippen LogP) is 3.74. The first-order chi connectivity index (χ1) is 12.2. The zero-order valence-corrected chi connectivity index (χ0v) is 17.6. The first kappa shape index (κ1) is 21.0. The summed E-state index contributed by atoms with van der Waals surface area (Å²) in [6.07, 6.45) is 3.93. The third kappa shape index (κ3) is 8.28. The molecule has 5 nitrogen and oxygen atoms in total. The maximum Gasteiger partial charge on any atom is 0.303 e. The largest absolute Gasteiger partial charge is 0.463 e. The molecule has 1 rings (SSSR count). The average molecular weight is 411 g/mol. The Bertz CT molecular complexity index is 487. The number of rotatable bonds is 9. The second-order valence-electron chi connectivity index (χ2n) is 5.91. The molecule has 0 aromatic rings. The van der Waals surface area contributed by atoms with Crippen LogP contribution in [0, 0.1) is 11.8 Å². The maximum atomic E-state index is 11.5. The molecule has 1 heterocycles. The Hall–Kier alpha value is -0.310. The van der Waals surface area contributed by atoms with E-state index in [0.29, 0.717) is 6.42 Å². The summed E-state index contributed by atoms with van der Waals surface area (Å²) in [5.74, 6) is 0.244. The van der Waals surface area contributed by atoms with Gasteiger partial charge < -0.3 is 14.2 Å². The van der Waals surface area contributed by atoms with Gasteiger partial charge in [-0.1, -0.05) is 47.6 Å². The van der Waals surface area contributed by atoms with Crippen LogP contribution in [-0.2, 0) is 23.8 Å². The Kier molecular flexibility index (Phi) is 10.2. The number of thiol groups is 1.